The average Bonchev–Trinajstić information content (AvgIpc) is 3.22. The lowest BCUT2D eigenvalue weighted by molar-refractivity contribution is -0.118. The first-order valence-electron chi connectivity index (χ1n) is 10.1. The number of ether oxygens (including phenoxy) is 1. The molecule has 0 aliphatic carbocycles. The SMILES string of the molecule is Cc1cccc(-n2c(SCC(=O)NCc3ccccc3F)nnc2N2CCOCC2)c1. The monoisotopic (exact) mass is 441 g/mol. The highest BCUT2D eigenvalue weighted by Gasteiger charge is 2.22. The number of anilines is 1. The van der Waals surface area contributed by atoms with Crippen LogP contribution >= 0.6 is 11.8 Å². The molecule has 4 rings (SSSR count). The van der Waals surface area contributed by atoms with Gasteiger partial charge in [-0.2, -0.15) is 0 Å². The molecule has 1 fully saturated rings. The van der Waals surface area contributed by atoms with E-state index >= 15 is 0 Å². The van der Waals surface area contributed by atoms with Crippen molar-refractivity contribution in [3.63, 3.8) is 0 Å². The lowest BCUT2D eigenvalue weighted by Crippen LogP contribution is -2.37. The molecule has 3 aromatic rings. The van der Waals surface area contributed by atoms with Crippen LogP contribution < -0.4 is 10.2 Å². The molecule has 7 nitrogen and oxygen atoms in total. The summed E-state index contributed by atoms with van der Waals surface area (Å²) in [6, 6.07) is 14.5. The summed E-state index contributed by atoms with van der Waals surface area (Å²) in [4.78, 5) is 14.5. The van der Waals surface area contributed by atoms with E-state index in [2.05, 4.69) is 26.5 Å². The van der Waals surface area contributed by atoms with E-state index in [1.807, 2.05) is 29.7 Å². The van der Waals surface area contributed by atoms with E-state index in [4.69, 9.17) is 4.74 Å². The van der Waals surface area contributed by atoms with Crippen molar-refractivity contribution in [1.82, 2.24) is 20.1 Å². The Kier molecular flexibility index (Phi) is 6.83. The van der Waals surface area contributed by atoms with Gasteiger partial charge in [0, 0.05) is 25.2 Å². The summed E-state index contributed by atoms with van der Waals surface area (Å²) in [6.07, 6.45) is 0. The molecule has 0 atom stereocenters. The van der Waals surface area contributed by atoms with Crippen LogP contribution in [0.1, 0.15) is 11.1 Å². The number of rotatable bonds is 7. The zero-order valence-electron chi connectivity index (χ0n) is 17.3. The van der Waals surface area contributed by atoms with Crippen molar-refractivity contribution >= 4 is 23.6 Å². The molecule has 0 spiro atoms. The van der Waals surface area contributed by atoms with Crippen LogP contribution in [0.5, 0.6) is 0 Å². The van der Waals surface area contributed by atoms with Crippen molar-refractivity contribution in [2.45, 2.75) is 18.6 Å². The molecule has 2 aromatic carbocycles. The predicted octanol–water partition coefficient (Wildman–Crippen LogP) is 2.96. The van der Waals surface area contributed by atoms with Crippen LogP contribution in [0, 0.1) is 12.7 Å². The number of aryl methyl sites for hydroxylation is 1. The number of aromatic nitrogens is 3. The number of nitrogens with one attached hydrogen (secondary N) is 1. The van der Waals surface area contributed by atoms with Gasteiger partial charge in [0.05, 0.1) is 24.7 Å². The largest absolute Gasteiger partial charge is 0.378 e. The van der Waals surface area contributed by atoms with E-state index in [1.165, 1.54) is 17.8 Å². The quantitative estimate of drug-likeness (QED) is 0.569. The zero-order chi connectivity index (χ0) is 21.6. The minimum absolute atomic E-state index is 0.148. The molecule has 2 heterocycles. The number of benzene rings is 2. The molecule has 1 aliphatic rings. The van der Waals surface area contributed by atoms with E-state index in [0.29, 0.717) is 23.9 Å². The summed E-state index contributed by atoms with van der Waals surface area (Å²) < 4.78 is 21.2. The van der Waals surface area contributed by atoms with Crippen LogP contribution in [-0.4, -0.2) is 52.7 Å². The van der Waals surface area contributed by atoms with Crippen molar-refractivity contribution in [2.75, 3.05) is 37.0 Å². The first-order chi connectivity index (χ1) is 15.1. The van der Waals surface area contributed by atoms with Crippen molar-refractivity contribution in [1.29, 1.82) is 0 Å². The smallest absolute Gasteiger partial charge is 0.232 e. The Bertz CT molecular complexity index is 1050. The van der Waals surface area contributed by atoms with Crippen molar-refractivity contribution in [3.8, 4) is 5.69 Å². The number of amides is 1. The molecular formula is C22H24FN5O2S. The number of nitrogens with zero attached hydrogens (tertiary/aromatic N) is 4. The van der Waals surface area contributed by atoms with Crippen molar-refractivity contribution in [2.24, 2.45) is 0 Å². The van der Waals surface area contributed by atoms with Gasteiger partial charge in [0.15, 0.2) is 5.16 Å². The third-order valence-corrected chi connectivity index (χ3v) is 5.87. The van der Waals surface area contributed by atoms with Crippen LogP contribution in [-0.2, 0) is 16.1 Å². The van der Waals surface area contributed by atoms with Gasteiger partial charge in [-0.05, 0) is 30.7 Å². The van der Waals surface area contributed by atoms with E-state index < -0.39 is 0 Å². The molecule has 31 heavy (non-hydrogen) atoms. The van der Waals surface area contributed by atoms with Crippen LogP contribution in [0.25, 0.3) is 5.69 Å². The van der Waals surface area contributed by atoms with Gasteiger partial charge in [0.1, 0.15) is 5.82 Å². The first-order valence-corrected chi connectivity index (χ1v) is 11.1. The van der Waals surface area contributed by atoms with Crippen LogP contribution in [0.4, 0.5) is 10.3 Å². The van der Waals surface area contributed by atoms with Crippen molar-refractivity contribution < 1.29 is 13.9 Å². The van der Waals surface area contributed by atoms with E-state index in [-0.39, 0.29) is 24.0 Å². The van der Waals surface area contributed by atoms with E-state index in [0.717, 1.165) is 30.3 Å². The Morgan fingerprint density at radius 3 is 2.74 bits per heavy atom. The minimum atomic E-state index is -0.329. The number of morpholine rings is 1. The Hall–Kier alpha value is -2.91. The van der Waals surface area contributed by atoms with E-state index in [9.17, 15) is 9.18 Å². The molecule has 9 heteroatoms. The molecule has 1 amide bonds. The number of thioether (sulfide) groups is 1. The van der Waals surface area contributed by atoms with Crippen LogP contribution in [0.2, 0.25) is 0 Å². The maximum absolute atomic E-state index is 13.8. The summed E-state index contributed by atoms with van der Waals surface area (Å²) >= 11 is 1.31. The van der Waals surface area contributed by atoms with Crippen LogP contribution in [0.15, 0.2) is 53.7 Å². The fraction of sp³-hybridized carbons (Fsp3) is 0.318. The molecule has 0 saturated carbocycles. The fourth-order valence-corrected chi connectivity index (χ4v) is 4.11. The lowest BCUT2D eigenvalue weighted by atomic mass is 10.2. The second kappa shape index (κ2) is 9.93. The average molecular weight is 442 g/mol. The summed E-state index contributed by atoms with van der Waals surface area (Å²) in [5, 5.41) is 12.2. The standard InChI is InChI=1S/C22H24FN5O2S/c1-16-5-4-7-18(13-16)28-21(27-9-11-30-12-10-27)25-26-22(28)31-15-20(29)24-14-17-6-2-3-8-19(17)23/h2-8,13H,9-12,14-15H2,1H3,(H,24,29). The number of hydrogen-bond donors (Lipinski definition) is 1. The van der Waals surface area contributed by atoms with Crippen molar-refractivity contribution in [3.05, 3.63) is 65.5 Å². The fourth-order valence-electron chi connectivity index (χ4n) is 3.33. The Morgan fingerprint density at radius 2 is 1.97 bits per heavy atom. The Labute approximate surface area is 184 Å². The van der Waals surface area contributed by atoms with Gasteiger partial charge in [0.2, 0.25) is 11.9 Å². The molecule has 0 radical (unpaired) electrons. The van der Waals surface area contributed by atoms with E-state index in [1.54, 1.807) is 18.2 Å². The highest BCUT2D eigenvalue weighted by Crippen LogP contribution is 2.27. The van der Waals surface area contributed by atoms with Gasteiger partial charge in [-0.25, -0.2) is 4.39 Å². The predicted molar refractivity (Wildman–Crippen MR) is 118 cm³/mol. The highest BCUT2D eigenvalue weighted by atomic mass is 32.2. The third-order valence-electron chi connectivity index (χ3n) is 4.94. The second-order valence-electron chi connectivity index (χ2n) is 7.21. The van der Waals surface area contributed by atoms with Gasteiger partial charge in [-0.3, -0.25) is 9.36 Å². The maximum atomic E-state index is 13.8. The number of carbonyl (C=O) groups excluding carboxylic acids is 1. The molecule has 1 saturated heterocycles. The highest BCUT2D eigenvalue weighted by molar-refractivity contribution is 7.99. The van der Waals surface area contributed by atoms with Gasteiger partial charge in [0.25, 0.3) is 0 Å². The topological polar surface area (TPSA) is 72.3 Å². The number of carbonyl (C=O) groups is 1. The van der Waals surface area contributed by atoms with Crippen LogP contribution in [0.3, 0.4) is 0 Å². The lowest BCUT2D eigenvalue weighted by Gasteiger charge is -2.28. The maximum Gasteiger partial charge on any atom is 0.232 e. The third kappa shape index (κ3) is 5.23. The minimum Gasteiger partial charge on any atom is -0.378 e. The number of halogens is 1. The number of hydrogen-bond acceptors (Lipinski definition) is 6. The summed E-state index contributed by atoms with van der Waals surface area (Å²) in [7, 11) is 0. The molecule has 162 valence electrons. The van der Waals surface area contributed by atoms with Gasteiger partial charge < -0.3 is 15.0 Å². The summed E-state index contributed by atoms with van der Waals surface area (Å²) in [5.41, 5.74) is 2.52. The second-order valence-corrected chi connectivity index (χ2v) is 8.16. The molecule has 1 N–H and O–H groups in total. The molecule has 1 aliphatic heterocycles. The van der Waals surface area contributed by atoms with Gasteiger partial charge in [-0.15, -0.1) is 10.2 Å². The Balaban J connectivity index is 1.49. The summed E-state index contributed by atoms with van der Waals surface area (Å²) in [6.45, 7) is 4.93. The van der Waals surface area contributed by atoms with Gasteiger partial charge >= 0.3 is 0 Å². The molecule has 1 aromatic heterocycles. The van der Waals surface area contributed by atoms with Gasteiger partial charge in [-0.1, -0.05) is 42.1 Å². The normalized spacial score (nSPS) is 13.9. The first kappa shape index (κ1) is 21.3. The Morgan fingerprint density at radius 1 is 1.16 bits per heavy atom. The molecule has 0 unspecified atom stereocenters. The summed E-state index contributed by atoms with van der Waals surface area (Å²) in [5.74, 6) is 0.370. The zero-order valence-corrected chi connectivity index (χ0v) is 18.1. The molecule has 0 bridgehead atoms. The molecular weight excluding hydrogens is 417 g/mol.